The summed E-state index contributed by atoms with van der Waals surface area (Å²) in [5.41, 5.74) is 2.26. The molecule has 0 aliphatic rings. The fourth-order valence-electron chi connectivity index (χ4n) is 3.84. The number of sulfonamides is 1. The highest BCUT2D eigenvalue weighted by atomic mass is 32.2. The average Bonchev–Trinajstić information content (AvgIpc) is 2.81. The van der Waals surface area contributed by atoms with E-state index in [9.17, 15) is 22.4 Å². The molecule has 198 valence electrons. The van der Waals surface area contributed by atoms with Gasteiger partial charge in [-0.2, -0.15) is 0 Å². The largest absolute Gasteiger partial charge is 0.354 e. The summed E-state index contributed by atoms with van der Waals surface area (Å²) in [6.45, 7) is 8.52. The molecule has 0 aromatic heterocycles. The third kappa shape index (κ3) is 8.93. The molecule has 0 aliphatic carbocycles. The molecule has 2 rings (SSSR count). The van der Waals surface area contributed by atoms with Crippen LogP contribution in [0.3, 0.4) is 0 Å². The van der Waals surface area contributed by atoms with Gasteiger partial charge in [-0.05, 0) is 55.5 Å². The maximum absolute atomic E-state index is 13.4. The zero-order valence-electron chi connectivity index (χ0n) is 21.8. The molecule has 0 radical (unpaired) electrons. The van der Waals surface area contributed by atoms with Crippen molar-refractivity contribution in [1.29, 1.82) is 0 Å². The van der Waals surface area contributed by atoms with Crippen LogP contribution < -0.4 is 9.62 Å². The summed E-state index contributed by atoms with van der Waals surface area (Å²) in [6, 6.07) is 12.3. The Labute approximate surface area is 214 Å². The number of hydrogen-bond donors (Lipinski definition) is 1. The van der Waals surface area contributed by atoms with Gasteiger partial charge < -0.3 is 10.2 Å². The highest BCUT2D eigenvalue weighted by Crippen LogP contribution is 2.20. The van der Waals surface area contributed by atoms with Gasteiger partial charge in [-0.15, -0.1) is 0 Å². The zero-order valence-corrected chi connectivity index (χ0v) is 22.6. The SMILES string of the molecule is CC[C@H](C(=O)NCC(C)C)N(Cc1ccc(F)cc1)C(=O)CCCN(c1ccc(C)cc1)S(C)(=O)=O. The summed E-state index contributed by atoms with van der Waals surface area (Å²) < 4.78 is 39.5. The molecule has 0 unspecified atom stereocenters. The number of rotatable bonds is 13. The minimum absolute atomic E-state index is 0.0625. The standard InChI is InChI=1S/C27H38FN3O4S/c1-6-25(27(33)29-18-20(2)3)30(19-22-11-13-23(28)14-12-22)26(32)8-7-17-31(36(5,34)35)24-15-9-21(4)10-16-24/h9-16,20,25H,6-8,17-19H2,1-5H3,(H,29,33)/t25-/m1/s1. The first-order valence-corrected chi connectivity index (χ1v) is 14.1. The number of benzene rings is 2. The Bertz CT molecular complexity index is 1100. The van der Waals surface area contributed by atoms with Gasteiger partial charge in [0.15, 0.2) is 0 Å². The van der Waals surface area contributed by atoms with Gasteiger partial charge in [0.25, 0.3) is 0 Å². The van der Waals surface area contributed by atoms with Gasteiger partial charge >= 0.3 is 0 Å². The summed E-state index contributed by atoms with van der Waals surface area (Å²) in [6.07, 6.45) is 1.90. The van der Waals surface area contributed by atoms with E-state index in [1.54, 1.807) is 24.3 Å². The quantitative estimate of drug-likeness (QED) is 0.428. The lowest BCUT2D eigenvalue weighted by atomic mass is 10.1. The van der Waals surface area contributed by atoms with Crippen molar-refractivity contribution in [2.45, 2.75) is 59.5 Å². The van der Waals surface area contributed by atoms with Crippen LogP contribution in [-0.4, -0.2) is 50.5 Å². The maximum atomic E-state index is 13.4. The molecule has 2 aromatic rings. The molecule has 2 aromatic carbocycles. The van der Waals surface area contributed by atoms with E-state index in [0.717, 1.165) is 11.8 Å². The molecule has 0 aliphatic heterocycles. The second kappa shape index (κ2) is 13.4. The number of halogens is 1. The van der Waals surface area contributed by atoms with Gasteiger partial charge in [0.2, 0.25) is 21.8 Å². The lowest BCUT2D eigenvalue weighted by Gasteiger charge is -2.31. The van der Waals surface area contributed by atoms with Crippen LogP contribution in [0.1, 0.15) is 51.2 Å². The molecule has 0 saturated carbocycles. The first kappa shape index (κ1) is 29.3. The molecule has 0 saturated heterocycles. The number of hydrogen-bond acceptors (Lipinski definition) is 4. The highest BCUT2D eigenvalue weighted by molar-refractivity contribution is 7.92. The van der Waals surface area contributed by atoms with Crippen molar-refractivity contribution in [2.75, 3.05) is 23.7 Å². The van der Waals surface area contributed by atoms with Crippen molar-refractivity contribution < 1.29 is 22.4 Å². The van der Waals surface area contributed by atoms with Crippen LogP contribution in [0.15, 0.2) is 48.5 Å². The molecule has 1 N–H and O–H groups in total. The Morgan fingerprint density at radius 2 is 1.64 bits per heavy atom. The van der Waals surface area contributed by atoms with Crippen LogP contribution in [0.2, 0.25) is 0 Å². The topological polar surface area (TPSA) is 86.8 Å². The number of carbonyl (C=O) groups is 2. The van der Waals surface area contributed by atoms with Gasteiger partial charge in [0.1, 0.15) is 11.9 Å². The summed E-state index contributed by atoms with van der Waals surface area (Å²) >= 11 is 0. The Morgan fingerprint density at radius 3 is 2.17 bits per heavy atom. The lowest BCUT2D eigenvalue weighted by molar-refractivity contribution is -0.141. The minimum atomic E-state index is -3.54. The number of nitrogens with zero attached hydrogens (tertiary/aromatic N) is 2. The molecule has 0 fully saturated rings. The van der Waals surface area contributed by atoms with E-state index in [1.165, 1.54) is 21.3 Å². The summed E-state index contributed by atoms with van der Waals surface area (Å²) in [5, 5.41) is 2.90. The Kier molecular flexibility index (Phi) is 10.9. The van der Waals surface area contributed by atoms with Crippen LogP contribution in [0.5, 0.6) is 0 Å². The maximum Gasteiger partial charge on any atom is 0.242 e. The van der Waals surface area contributed by atoms with Crippen LogP contribution in [0.25, 0.3) is 0 Å². The summed E-state index contributed by atoms with van der Waals surface area (Å²) in [4.78, 5) is 27.8. The Hall–Kier alpha value is -2.94. The zero-order chi connectivity index (χ0) is 26.9. The van der Waals surface area contributed by atoms with Crippen LogP contribution >= 0.6 is 0 Å². The molecular weight excluding hydrogens is 481 g/mol. The van der Waals surface area contributed by atoms with E-state index in [4.69, 9.17) is 0 Å². The lowest BCUT2D eigenvalue weighted by Crippen LogP contribution is -2.49. The molecule has 9 heteroatoms. The monoisotopic (exact) mass is 519 g/mol. The van der Waals surface area contributed by atoms with E-state index < -0.39 is 16.1 Å². The molecule has 2 amide bonds. The van der Waals surface area contributed by atoms with Gasteiger partial charge in [-0.1, -0.05) is 50.6 Å². The summed E-state index contributed by atoms with van der Waals surface area (Å²) in [5.74, 6) is -0.617. The Morgan fingerprint density at radius 1 is 1.03 bits per heavy atom. The van der Waals surface area contributed by atoms with E-state index >= 15 is 0 Å². The van der Waals surface area contributed by atoms with E-state index in [2.05, 4.69) is 5.32 Å². The number of carbonyl (C=O) groups excluding carboxylic acids is 2. The Balaban J connectivity index is 2.19. The number of anilines is 1. The molecule has 1 atom stereocenters. The van der Waals surface area contributed by atoms with Crippen molar-refractivity contribution in [3.63, 3.8) is 0 Å². The molecule has 0 spiro atoms. The second-order valence-corrected chi connectivity index (χ2v) is 11.4. The third-order valence-electron chi connectivity index (χ3n) is 5.81. The predicted octanol–water partition coefficient (Wildman–Crippen LogP) is 4.26. The molecule has 36 heavy (non-hydrogen) atoms. The van der Waals surface area contributed by atoms with Crippen molar-refractivity contribution in [3.8, 4) is 0 Å². The molecular formula is C27H38FN3O4S. The van der Waals surface area contributed by atoms with Crippen molar-refractivity contribution >= 4 is 27.5 Å². The third-order valence-corrected chi connectivity index (χ3v) is 7.00. The first-order valence-electron chi connectivity index (χ1n) is 12.3. The van der Waals surface area contributed by atoms with Gasteiger partial charge in [0.05, 0.1) is 11.9 Å². The predicted molar refractivity (Wildman–Crippen MR) is 141 cm³/mol. The van der Waals surface area contributed by atoms with Gasteiger partial charge in [0, 0.05) is 26.1 Å². The fourth-order valence-corrected chi connectivity index (χ4v) is 4.81. The second-order valence-electron chi connectivity index (χ2n) is 9.49. The molecule has 0 bridgehead atoms. The van der Waals surface area contributed by atoms with E-state index in [-0.39, 0.29) is 49.5 Å². The summed E-state index contributed by atoms with van der Waals surface area (Å²) in [7, 11) is -3.54. The van der Waals surface area contributed by atoms with Crippen LogP contribution in [-0.2, 0) is 26.2 Å². The fraction of sp³-hybridized carbons (Fsp3) is 0.481. The number of aryl methyl sites for hydroxylation is 1. The average molecular weight is 520 g/mol. The smallest absolute Gasteiger partial charge is 0.242 e. The van der Waals surface area contributed by atoms with E-state index in [1.807, 2.05) is 39.8 Å². The first-order chi connectivity index (χ1) is 16.9. The van der Waals surface area contributed by atoms with Crippen molar-refractivity contribution in [2.24, 2.45) is 5.92 Å². The van der Waals surface area contributed by atoms with Crippen molar-refractivity contribution in [1.82, 2.24) is 10.2 Å². The van der Waals surface area contributed by atoms with Gasteiger partial charge in [-0.25, -0.2) is 12.8 Å². The minimum Gasteiger partial charge on any atom is -0.354 e. The van der Waals surface area contributed by atoms with Crippen LogP contribution in [0.4, 0.5) is 10.1 Å². The van der Waals surface area contributed by atoms with Crippen molar-refractivity contribution in [3.05, 3.63) is 65.5 Å². The van der Waals surface area contributed by atoms with Crippen LogP contribution in [0, 0.1) is 18.7 Å². The number of amides is 2. The normalized spacial score (nSPS) is 12.3. The van der Waals surface area contributed by atoms with E-state index in [0.29, 0.717) is 24.2 Å². The number of nitrogens with one attached hydrogen (secondary N) is 1. The van der Waals surface area contributed by atoms with Gasteiger partial charge in [-0.3, -0.25) is 13.9 Å². The molecule has 0 heterocycles. The highest BCUT2D eigenvalue weighted by Gasteiger charge is 2.29. The molecule has 7 nitrogen and oxygen atoms in total.